The molecule has 0 aliphatic rings. The smallest absolute Gasteiger partial charge is 0.272 e. The Kier molecular flexibility index (Phi) is 5.35. The second kappa shape index (κ2) is 6.55. The molecule has 17 heavy (non-hydrogen) atoms. The molecule has 2 nitrogen and oxygen atoms in total. The third-order valence-corrected chi connectivity index (χ3v) is 2.28. The van der Waals surface area contributed by atoms with Crippen molar-refractivity contribution in [2.75, 3.05) is 6.61 Å². The van der Waals surface area contributed by atoms with E-state index >= 15 is 0 Å². The van der Waals surface area contributed by atoms with Gasteiger partial charge in [0, 0.05) is 18.2 Å². The highest BCUT2D eigenvalue weighted by Gasteiger charge is 2.08. The Morgan fingerprint density at radius 2 is 2.00 bits per heavy atom. The van der Waals surface area contributed by atoms with Crippen molar-refractivity contribution >= 4 is 0 Å². The first-order chi connectivity index (χ1) is 7.99. The highest BCUT2D eigenvalue weighted by atomic mass is 19.3. The van der Waals surface area contributed by atoms with Crippen LogP contribution in [0.5, 0.6) is 5.75 Å². The fourth-order valence-corrected chi connectivity index (χ4v) is 1.45. The summed E-state index contributed by atoms with van der Waals surface area (Å²) in [4.78, 5) is 0. The van der Waals surface area contributed by atoms with E-state index in [4.69, 9.17) is 4.74 Å². The van der Waals surface area contributed by atoms with Gasteiger partial charge in [0.2, 0.25) is 0 Å². The molecule has 0 amide bonds. The van der Waals surface area contributed by atoms with E-state index in [1.807, 2.05) is 32.9 Å². The molecule has 0 bridgehead atoms. The average molecular weight is 243 g/mol. The summed E-state index contributed by atoms with van der Waals surface area (Å²) in [6, 6.07) is 5.91. The van der Waals surface area contributed by atoms with E-state index in [2.05, 4.69) is 5.32 Å². The molecule has 0 aliphatic heterocycles. The summed E-state index contributed by atoms with van der Waals surface area (Å²) in [6.07, 6.45) is -2.44. The van der Waals surface area contributed by atoms with E-state index in [9.17, 15) is 8.78 Å². The SMILES string of the molecule is Cc1ccc(OCC(F)F)c(CNC(C)C)c1. The van der Waals surface area contributed by atoms with Crippen molar-refractivity contribution in [1.29, 1.82) is 0 Å². The van der Waals surface area contributed by atoms with Crippen molar-refractivity contribution < 1.29 is 13.5 Å². The maximum absolute atomic E-state index is 12.1. The molecule has 0 saturated carbocycles. The third kappa shape index (κ3) is 5.13. The molecular weight excluding hydrogens is 224 g/mol. The zero-order valence-corrected chi connectivity index (χ0v) is 10.5. The number of hydrogen-bond donors (Lipinski definition) is 1. The van der Waals surface area contributed by atoms with Gasteiger partial charge in [-0.2, -0.15) is 0 Å². The van der Waals surface area contributed by atoms with Gasteiger partial charge >= 0.3 is 0 Å². The summed E-state index contributed by atoms with van der Waals surface area (Å²) in [5, 5.41) is 3.25. The molecule has 0 unspecified atom stereocenters. The first-order valence-electron chi connectivity index (χ1n) is 5.73. The van der Waals surface area contributed by atoms with Gasteiger partial charge in [0.1, 0.15) is 12.4 Å². The molecule has 1 N–H and O–H groups in total. The van der Waals surface area contributed by atoms with E-state index < -0.39 is 13.0 Å². The number of halogens is 2. The van der Waals surface area contributed by atoms with Crippen molar-refractivity contribution in [1.82, 2.24) is 5.32 Å². The molecule has 4 heteroatoms. The fourth-order valence-electron chi connectivity index (χ4n) is 1.45. The minimum atomic E-state index is -2.44. The van der Waals surface area contributed by atoms with Gasteiger partial charge in [0.25, 0.3) is 6.43 Å². The van der Waals surface area contributed by atoms with Gasteiger partial charge in [0.15, 0.2) is 0 Å². The predicted octanol–water partition coefficient (Wildman–Crippen LogP) is 3.14. The van der Waals surface area contributed by atoms with Crippen LogP contribution in [-0.2, 0) is 6.54 Å². The van der Waals surface area contributed by atoms with Gasteiger partial charge in [-0.1, -0.05) is 31.5 Å². The van der Waals surface area contributed by atoms with Crippen LogP contribution < -0.4 is 10.1 Å². The Hall–Kier alpha value is -1.16. The molecule has 0 radical (unpaired) electrons. The average Bonchev–Trinajstić information content (AvgIpc) is 2.24. The lowest BCUT2D eigenvalue weighted by Crippen LogP contribution is -2.22. The molecule has 0 saturated heterocycles. The molecule has 0 aromatic heterocycles. The Morgan fingerprint density at radius 3 is 2.59 bits per heavy atom. The van der Waals surface area contributed by atoms with Crippen LogP contribution in [0.2, 0.25) is 0 Å². The highest BCUT2D eigenvalue weighted by molar-refractivity contribution is 5.36. The van der Waals surface area contributed by atoms with E-state index in [1.165, 1.54) is 0 Å². The fraction of sp³-hybridized carbons (Fsp3) is 0.538. The summed E-state index contributed by atoms with van der Waals surface area (Å²) < 4.78 is 29.3. The van der Waals surface area contributed by atoms with Crippen LogP contribution in [0.4, 0.5) is 8.78 Å². The second-order valence-electron chi connectivity index (χ2n) is 4.35. The summed E-state index contributed by atoms with van der Waals surface area (Å²) >= 11 is 0. The number of benzene rings is 1. The summed E-state index contributed by atoms with van der Waals surface area (Å²) in [7, 11) is 0. The summed E-state index contributed by atoms with van der Waals surface area (Å²) in [5.74, 6) is 0.532. The van der Waals surface area contributed by atoms with Crippen LogP contribution in [-0.4, -0.2) is 19.1 Å². The van der Waals surface area contributed by atoms with Crippen LogP contribution in [0.15, 0.2) is 18.2 Å². The minimum Gasteiger partial charge on any atom is -0.487 e. The lowest BCUT2D eigenvalue weighted by atomic mass is 10.1. The Morgan fingerprint density at radius 1 is 1.29 bits per heavy atom. The van der Waals surface area contributed by atoms with Gasteiger partial charge in [0.05, 0.1) is 0 Å². The quantitative estimate of drug-likeness (QED) is 0.828. The van der Waals surface area contributed by atoms with Crippen molar-refractivity contribution in [2.24, 2.45) is 0 Å². The van der Waals surface area contributed by atoms with Crippen molar-refractivity contribution in [3.05, 3.63) is 29.3 Å². The Balaban J connectivity index is 2.72. The monoisotopic (exact) mass is 243 g/mol. The molecule has 1 aromatic rings. The topological polar surface area (TPSA) is 21.3 Å². The van der Waals surface area contributed by atoms with Gasteiger partial charge in [-0.25, -0.2) is 8.78 Å². The van der Waals surface area contributed by atoms with Crippen molar-refractivity contribution in [3.63, 3.8) is 0 Å². The molecular formula is C13H19F2NO. The first kappa shape index (κ1) is 13.9. The van der Waals surface area contributed by atoms with Crippen molar-refractivity contribution in [3.8, 4) is 5.75 Å². The number of nitrogens with one attached hydrogen (secondary N) is 1. The Labute approximate surface area is 101 Å². The van der Waals surface area contributed by atoms with Gasteiger partial charge in [-0.05, 0) is 13.0 Å². The number of aryl methyl sites for hydroxylation is 1. The third-order valence-electron chi connectivity index (χ3n) is 2.28. The molecule has 1 rings (SSSR count). The normalized spacial score (nSPS) is 11.2. The van der Waals surface area contributed by atoms with Crippen LogP contribution in [0.25, 0.3) is 0 Å². The van der Waals surface area contributed by atoms with E-state index in [0.717, 1.165) is 11.1 Å². The van der Waals surface area contributed by atoms with Gasteiger partial charge in [-0.3, -0.25) is 0 Å². The summed E-state index contributed by atoms with van der Waals surface area (Å²) in [6.45, 7) is 6.11. The maximum Gasteiger partial charge on any atom is 0.272 e. The lowest BCUT2D eigenvalue weighted by Gasteiger charge is -2.14. The maximum atomic E-state index is 12.1. The molecule has 0 fully saturated rings. The van der Waals surface area contributed by atoms with Gasteiger partial charge in [-0.15, -0.1) is 0 Å². The minimum absolute atomic E-state index is 0.346. The van der Waals surface area contributed by atoms with Crippen LogP contribution >= 0.6 is 0 Å². The van der Waals surface area contributed by atoms with E-state index in [0.29, 0.717) is 18.3 Å². The Bertz CT molecular complexity index is 353. The zero-order valence-electron chi connectivity index (χ0n) is 10.5. The number of ether oxygens (including phenoxy) is 1. The summed E-state index contributed by atoms with van der Waals surface area (Å²) in [5.41, 5.74) is 2.01. The molecule has 0 aliphatic carbocycles. The zero-order chi connectivity index (χ0) is 12.8. The molecule has 96 valence electrons. The van der Waals surface area contributed by atoms with Crippen molar-refractivity contribution in [2.45, 2.75) is 39.8 Å². The highest BCUT2D eigenvalue weighted by Crippen LogP contribution is 2.20. The number of rotatable bonds is 6. The number of hydrogen-bond acceptors (Lipinski definition) is 2. The van der Waals surface area contributed by atoms with E-state index in [-0.39, 0.29) is 0 Å². The van der Waals surface area contributed by atoms with Crippen LogP contribution in [0.1, 0.15) is 25.0 Å². The number of alkyl halides is 2. The second-order valence-corrected chi connectivity index (χ2v) is 4.35. The van der Waals surface area contributed by atoms with Crippen LogP contribution in [0, 0.1) is 6.92 Å². The largest absolute Gasteiger partial charge is 0.487 e. The lowest BCUT2D eigenvalue weighted by molar-refractivity contribution is 0.0813. The molecule has 0 heterocycles. The van der Waals surface area contributed by atoms with Crippen LogP contribution in [0.3, 0.4) is 0 Å². The standard InChI is InChI=1S/C13H19F2NO/c1-9(2)16-7-11-6-10(3)4-5-12(11)17-8-13(14)15/h4-6,9,13,16H,7-8H2,1-3H3. The predicted molar refractivity (Wildman–Crippen MR) is 64.7 cm³/mol. The molecule has 0 spiro atoms. The van der Waals surface area contributed by atoms with E-state index in [1.54, 1.807) is 6.07 Å². The molecule has 1 aromatic carbocycles. The van der Waals surface area contributed by atoms with Gasteiger partial charge < -0.3 is 10.1 Å². The first-order valence-corrected chi connectivity index (χ1v) is 5.73. The molecule has 0 atom stereocenters.